The molecule has 1 aromatic carbocycles. The number of aryl methyl sites for hydroxylation is 2. The number of carbonyl (C=O) groups is 2. The van der Waals surface area contributed by atoms with Crippen LogP contribution in [0.4, 0.5) is 0 Å². The van der Waals surface area contributed by atoms with Gasteiger partial charge in [-0.3, -0.25) is 4.79 Å². The first-order chi connectivity index (χ1) is 6.97. The zero-order valence-corrected chi connectivity index (χ0v) is 9.13. The van der Waals surface area contributed by atoms with Crippen molar-refractivity contribution < 1.29 is 14.7 Å². The fourth-order valence-corrected chi connectivity index (χ4v) is 1.65. The molecule has 0 amide bonds. The van der Waals surface area contributed by atoms with E-state index in [2.05, 4.69) is 0 Å². The van der Waals surface area contributed by atoms with Crippen LogP contribution in [0.3, 0.4) is 0 Å². The maximum Gasteiger partial charge on any atom is 0.377 e. The van der Waals surface area contributed by atoms with Crippen LogP contribution in [0.15, 0.2) is 12.1 Å². The van der Waals surface area contributed by atoms with E-state index in [1.54, 1.807) is 13.0 Å². The Hall–Kier alpha value is -1.64. The molecule has 0 aromatic heterocycles. The Balaban J connectivity index is 3.35. The SMILES string of the molecule is CCc1cc(C)cc(C(=O)C(=O)O)c1C. The third-order valence-electron chi connectivity index (χ3n) is 2.48. The molecule has 1 rings (SSSR count). The molecular weight excluding hydrogens is 192 g/mol. The van der Waals surface area contributed by atoms with Crippen molar-refractivity contribution in [3.63, 3.8) is 0 Å². The van der Waals surface area contributed by atoms with Gasteiger partial charge in [0.2, 0.25) is 0 Å². The van der Waals surface area contributed by atoms with Crippen LogP contribution in [-0.2, 0) is 11.2 Å². The summed E-state index contributed by atoms with van der Waals surface area (Å²) in [7, 11) is 0. The average Bonchev–Trinajstić information content (AvgIpc) is 2.19. The summed E-state index contributed by atoms with van der Waals surface area (Å²) in [6, 6.07) is 3.61. The topological polar surface area (TPSA) is 54.4 Å². The van der Waals surface area contributed by atoms with Gasteiger partial charge < -0.3 is 5.11 Å². The monoisotopic (exact) mass is 206 g/mol. The number of rotatable bonds is 3. The number of carboxylic acid groups (broad SMARTS) is 1. The van der Waals surface area contributed by atoms with Crippen LogP contribution in [0.1, 0.15) is 34.0 Å². The van der Waals surface area contributed by atoms with Gasteiger partial charge in [0.1, 0.15) is 0 Å². The third kappa shape index (κ3) is 2.24. The van der Waals surface area contributed by atoms with E-state index in [0.29, 0.717) is 5.56 Å². The van der Waals surface area contributed by atoms with E-state index in [1.165, 1.54) is 0 Å². The predicted molar refractivity (Wildman–Crippen MR) is 57.3 cm³/mol. The summed E-state index contributed by atoms with van der Waals surface area (Å²) in [5.74, 6) is -2.23. The number of carboxylic acids is 1. The normalized spacial score (nSPS) is 10.1. The van der Waals surface area contributed by atoms with Crippen LogP contribution in [0, 0.1) is 13.8 Å². The van der Waals surface area contributed by atoms with E-state index in [0.717, 1.165) is 23.1 Å². The highest BCUT2D eigenvalue weighted by Gasteiger charge is 2.18. The van der Waals surface area contributed by atoms with E-state index in [4.69, 9.17) is 5.11 Å². The molecule has 0 aliphatic heterocycles. The molecule has 15 heavy (non-hydrogen) atoms. The largest absolute Gasteiger partial charge is 0.475 e. The van der Waals surface area contributed by atoms with Crippen molar-refractivity contribution >= 4 is 11.8 Å². The zero-order chi connectivity index (χ0) is 11.6. The second kappa shape index (κ2) is 4.26. The van der Waals surface area contributed by atoms with Crippen LogP contribution < -0.4 is 0 Å². The number of benzene rings is 1. The van der Waals surface area contributed by atoms with Crippen LogP contribution in [-0.4, -0.2) is 16.9 Å². The summed E-state index contributed by atoms with van der Waals surface area (Å²) >= 11 is 0. The molecule has 3 heteroatoms. The third-order valence-corrected chi connectivity index (χ3v) is 2.48. The Kier molecular flexibility index (Phi) is 3.24. The van der Waals surface area contributed by atoms with Gasteiger partial charge in [0, 0.05) is 5.56 Å². The molecule has 1 N–H and O–H groups in total. The minimum Gasteiger partial charge on any atom is -0.475 e. The van der Waals surface area contributed by atoms with Gasteiger partial charge in [0.25, 0.3) is 5.78 Å². The first kappa shape index (κ1) is 11.4. The molecule has 80 valence electrons. The van der Waals surface area contributed by atoms with Crippen molar-refractivity contribution in [2.45, 2.75) is 27.2 Å². The second-order valence-corrected chi connectivity index (χ2v) is 3.58. The quantitative estimate of drug-likeness (QED) is 0.609. The summed E-state index contributed by atoms with van der Waals surface area (Å²) in [6.07, 6.45) is 0.799. The molecule has 0 saturated heterocycles. The number of Topliss-reactive ketones (excluding diaryl/α,β-unsaturated/α-hetero) is 1. The fraction of sp³-hybridized carbons (Fsp3) is 0.333. The van der Waals surface area contributed by atoms with Crippen LogP contribution in [0.2, 0.25) is 0 Å². The highest BCUT2D eigenvalue weighted by molar-refractivity contribution is 6.40. The van der Waals surface area contributed by atoms with E-state index in [9.17, 15) is 9.59 Å². The lowest BCUT2D eigenvalue weighted by Gasteiger charge is -2.09. The molecular formula is C12H14O3. The van der Waals surface area contributed by atoms with Crippen molar-refractivity contribution in [2.24, 2.45) is 0 Å². The Labute approximate surface area is 88.7 Å². The van der Waals surface area contributed by atoms with E-state index >= 15 is 0 Å². The van der Waals surface area contributed by atoms with Crippen molar-refractivity contribution in [3.8, 4) is 0 Å². The first-order valence-corrected chi connectivity index (χ1v) is 4.85. The number of carbonyl (C=O) groups excluding carboxylic acids is 1. The van der Waals surface area contributed by atoms with E-state index in [1.807, 2.05) is 19.9 Å². The summed E-state index contributed by atoms with van der Waals surface area (Å²) in [5, 5.41) is 8.66. The maximum atomic E-state index is 11.4. The van der Waals surface area contributed by atoms with Gasteiger partial charge >= 0.3 is 5.97 Å². The van der Waals surface area contributed by atoms with Crippen molar-refractivity contribution in [1.82, 2.24) is 0 Å². The first-order valence-electron chi connectivity index (χ1n) is 4.85. The highest BCUT2D eigenvalue weighted by Crippen LogP contribution is 2.18. The second-order valence-electron chi connectivity index (χ2n) is 3.58. The van der Waals surface area contributed by atoms with Crippen molar-refractivity contribution in [3.05, 3.63) is 34.4 Å². The minimum atomic E-state index is -1.40. The van der Waals surface area contributed by atoms with Gasteiger partial charge in [0.05, 0.1) is 0 Å². The van der Waals surface area contributed by atoms with Crippen LogP contribution in [0.25, 0.3) is 0 Å². The summed E-state index contributed by atoms with van der Waals surface area (Å²) in [4.78, 5) is 22.0. The molecule has 3 nitrogen and oxygen atoms in total. The van der Waals surface area contributed by atoms with Gasteiger partial charge in [-0.1, -0.05) is 18.6 Å². The fourth-order valence-electron chi connectivity index (χ4n) is 1.65. The molecule has 0 aliphatic carbocycles. The lowest BCUT2D eigenvalue weighted by Crippen LogP contribution is -2.15. The van der Waals surface area contributed by atoms with Crippen molar-refractivity contribution in [2.75, 3.05) is 0 Å². The number of hydrogen-bond acceptors (Lipinski definition) is 2. The Morgan fingerprint density at radius 1 is 1.27 bits per heavy atom. The molecule has 0 heterocycles. The molecule has 0 spiro atoms. The van der Waals surface area contributed by atoms with E-state index < -0.39 is 11.8 Å². The molecule has 0 atom stereocenters. The van der Waals surface area contributed by atoms with Crippen LogP contribution >= 0.6 is 0 Å². The molecule has 1 aromatic rings. The lowest BCUT2D eigenvalue weighted by molar-refractivity contribution is -0.131. The Bertz CT molecular complexity index is 419. The Morgan fingerprint density at radius 2 is 1.87 bits per heavy atom. The molecule has 0 fully saturated rings. The number of aliphatic carboxylic acids is 1. The maximum absolute atomic E-state index is 11.4. The molecule has 0 bridgehead atoms. The van der Waals surface area contributed by atoms with Gasteiger partial charge in [-0.2, -0.15) is 0 Å². The standard InChI is InChI=1S/C12H14O3/c1-4-9-5-7(2)6-10(8(9)3)11(13)12(14)15/h5-6H,4H2,1-3H3,(H,14,15). The van der Waals surface area contributed by atoms with Gasteiger partial charge in [-0.05, 0) is 37.5 Å². The summed E-state index contributed by atoms with van der Waals surface area (Å²) in [5.41, 5.74) is 3.02. The molecule has 0 unspecified atom stereocenters. The summed E-state index contributed by atoms with van der Waals surface area (Å²) in [6.45, 7) is 5.63. The van der Waals surface area contributed by atoms with Crippen LogP contribution in [0.5, 0.6) is 0 Å². The lowest BCUT2D eigenvalue weighted by atomic mass is 9.95. The van der Waals surface area contributed by atoms with Gasteiger partial charge in [0.15, 0.2) is 0 Å². The summed E-state index contributed by atoms with van der Waals surface area (Å²) < 4.78 is 0. The molecule has 0 radical (unpaired) electrons. The zero-order valence-electron chi connectivity index (χ0n) is 9.13. The Morgan fingerprint density at radius 3 is 2.33 bits per heavy atom. The van der Waals surface area contributed by atoms with Gasteiger partial charge in [-0.15, -0.1) is 0 Å². The highest BCUT2D eigenvalue weighted by atomic mass is 16.4. The van der Waals surface area contributed by atoms with Gasteiger partial charge in [-0.25, -0.2) is 4.79 Å². The predicted octanol–water partition coefficient (Wildman–Crippen LogP) is 2.13. The number of ketones is 1. The van der Waals surface area contributed by atoms with E-state index in [-0.39, 0.29) is 0 Å². The molecule has 0 aliphatic rings. The molecule has 0 saturated carbocycles. The van der Waals surface area contributed by atoms with Crippen molar-refractivity contribution in [1.29, 1.82) is 0 Å². The number of hydrogen-bond donors (Lipinski definition) is 1. The minimum absolute atomic E-state index is 0.305. The smallest absolute Gasteiger partial charge is 0.377 e. The average molecular weight is 206 g/mol.